The number of para-hydroxylation sites is 1. The van der Waals surface area contributed by atoms with E-state index in [0.29, 0.717) is 5.82 Å². The maximum atomic E-state index is 5.36. The van der Waals surface area contributed by atoms with Gasteiger partial charge in [0.25, 0.3) is 0 Å². The summed E-state index contributed by atoms with van der Waals surface area (Å²) >= 11 is 0. The summed E-state index contributed by atoms with van der Waals surface area (Å²) in [7, 11) is 0. The third kappa shape index (κ3) is 5.76. The van der Waals surface area contributed by atoms with Crippen molar-refractivity contribution in [2.24, 2.45) is 0 Å². The molecule has 0 saturated heterocycles. The molecule has 10 aromatic rings. The summed E-state index contributed by atoms with van der Waals surface area (Å²) in [5, 5.41) is 4.33. The molecule has 3 heterocycles. The van der Waals surface area contributed by atoms with Gasteiger partial charge >= 0.3 is 0 Å². The summed E-state index contributed by atoms with van der Waals surface area (Å²) in [6, 6.07) is 67.3. The van der Waals surface area contributed by atoms with Gasteiger partial charge in [-0.05, 0) is 46.8 Å². The molecule has 4 heteroatoms. The highest BCUT2D eigenvalue weighted by Crippen LogP contribution is 2.39. The fourth-order valence-corrected chi connectivity index (χ4v) is 7.38. The summed E-state index contributed by atoms with van der Waals surface area (Å²) < 4.78 is 0. The molecule has 0 fully saturated rings. The number of pyridine rings is 2. The van der Waals surface area contributed by atoms with E-state index in [9.17, 15) is 0 Å². The van der Waals surface area contributed by atoms with Gasteiger partial charge in [0.2, 0.25) is 0 Å². The second kappa shape index (κ2) is 13.4. The Bertz CT molecular complexity index is 2980. The van der Waals surface area contributed by atoms with E-state index in [1.807, 2.05) is 30.3 Å². The van der Waals surface area contributed by atoms with Crippen LogP contribution in [0, 0.1) is 0 Å². The summed E-state index contributed by atoms with van der Waals surface area (Å²) in [6.45, 7) is 0. The van der Waals surface area contributed by atoms with Crippen LogP contribution < -0.4 is 0 Å². The molecular formula is C50H32N4. The molecule has 3 aromatic heterocycles. The smallest absolute Gasteiger partial charge is 0.160 e. The van der Waals surface area contributed by atoms with Crippen molar-refractivity contribution in [1.82, 2.24) is 19.9 Å². The standard InChI is InChI=1S/C50H32N4/c1-4-14-33(15-5-1)37-20-12-21-38(30-37)45-32-46(54-50(53-45)36-18-8-3-9-19-36)39-22-13-23-40(31-39)49-47-42(41-24-10-11-25-44(41)52-49)28-26-35-27-29-43(51-48(35)47)34-16-6-2-7-17-34/h1-32H. The van der Waals surface area contributed by atoms with Gasteiger partial charge in [0.1, 0.15) is 0 Å². The number of nitrogens with zero attached hydrogens (tertiary/aromatic N) is 4. The number of aromatic nitrogens is 4. The molecule has 4 nitrogen and oxygen atoms in total. The Kier molecular flexibility index (Phi) is 7.77. The highest BCUT2D eigenvalue weighted by atomic mass is 14.9. The highest BCUT2D eigenvalue weighted by Gasteiger charge is 2.17. The minimum atomic E-state index is 0.677. The molecule has 0 unspecified atom stereocenters. The summed E-state index contributed by atoms with van der Waals surface area (Å²) in [6.07, 6.45) is 0. The molecule has 10 rings (SSSR count). The average Bonchev–Trinajstić information content (AvgIpc) is 3.26. The van der Waals surface area contributed by atoms with Crippen molar-refractivity contribution in [3.05, 3.63) is 194 Å². The molecule has 0 amide bonds. The third-order valence-electron chi connectivity index (χ3n) is 10.1. The molecule has 0 N–H and O–H groups in total. The van der Waals surface area contributed by atoms with Crippen LogP contribution in [0.5, 0.6) is 0 Å². The molecule has 0 aliphatic heterocycles. The van der Waals surface area contributed by atoms with Crippen LogP contribution in [0.3, 0.4) is 0 Å². The fraction of sp³-hybridized carbons (Fsp3) is 0. The van der Waals surface area contributed by atoms with Crippen LogP contribution >= 0.6 is 0 Å². The van der Waals surface area contributed by atoms with Gasteiger partial charge in [-0.3, -0.25) is 0 Å². The van der Waals surface area contributed by atoms with E-state index in [4.69, 9.17) is 19.9 Å². The zero-order valence-corrected chi connectivity index (χ0v) is 29.3. The lowest BCUT2D eigenvalue weighted by Gasteiger charge is -2.14. The van der Waals surface area contributed by atoms with Gasteiger partial charge < -0.3 is 0 Å². The zero-order chi connectivity index (χ0) is 35.8. The van der Waals surface area contributed by atoms with E-state index in [2.05, 4.69) is 164 Å². The first-order valence-electron chi connectivity index (χ1n) is 18.1. The summed E-state index contributed by atoms with van der Waals surface area (Å²) in [5.41, 5.74) is 12.8. The quantitative estimate of drug-likeness (QED) is 0.163. The maximum absolute atomic E-state index is 5.36. The van der Waals surface area contributed by atoms with Crippen molar-refractivity contribution in [3.8, 4) is 67.5 Å². The van der Waals surface area contributed by atoms with Gasteiger partial charge in [-0.2, -0.15) is 0 Å². The van der Waals surface area contributed by atoms with Crippen LogP contribution in [-0.4, -0.2) is 19.9 Å². The van der Waals surface area contributed by atoms with Crippen LogP contribution in [0.25, 0.3) is 100 Å². The van der Waals surface area contributed by atoms with E-state index >= 15 is 0 Å². The van der Waals surface area contributed by atoms with Crippen LogP contribution in [0.1, 0.15) is 0 Å². The van der Waals surface area contributed by atoms with E-state index in [1.165, 1.54) is 0 Å². The Balaban J connectivity index is 1.18. The predicted molar refractivity (Wildman–Crippen MR) is 223 cm³/mol. The van der Waals surface area contributed by atoms with Gasteiger partial charge in [-0.1, -0.05) is 164 Å². The van der Waals surface area contributed by atoms with Crippen molar-refractivity contribution in [3.63, 3.8) is 0 Å². The lowest BCUT2D eigenvalue weighted by Crippen LogP contribution is -1.97. The molecule has 0 bridgehead atoms. The molecule has 0 saturated carbocycles. The molecule has 54 heavy (non-hydrogen) atoms. The fourth-order valence-electron chi connectivity index (χ4n) is 7.38. The SMILES string of the molecule is c1ccc(-c2cccc(-c3cc(-c4cccc(-c5nc6ccccc6c6ccc7ccc(-c8ccccc8)nc7c56)c4)nc(-c4ccccc4)n3)c2)cc1. The van der Waals surface area contributed by atoms with Crippen molar-refractivity contribution in [2.75, 3.05) is 0 Å². The van der Waals surface area contributed by atoms with Crippen molar-refractivity contribution < 1.29 is 0 Å². The number of rotatable bonds is 6. The third-order valence-corrected chi connectivity index (χ3v) is 10.1. The average molecular weight is 689 g/mol. The van der Waals surface area contributed by atoms with E-state index in [1.54, 1.807) is 0 Å². The number of hydrogen-bond donors (Lipinski definition) is 0. The Hall–Kier alpha value is -7.30. The van der Waals surface area contributed by atoms with E-state index < -0.39 is 0 Å². The molecular weight excluding hydrogens is 657 g/mol. The summed E-state index contributed by atoms with van der Waals surface area (Å²) in [4.78, 5) is 21.0. The van der Waals surface area contributed by atoms with Crippen LogP contribution in [0.2, 0.25) is 0 Å². The Morgan fingerprint density at radius 1 is 0.296 bits per heavy atom. The van der Waals surface area contributed by atoms with Gasteiger partial charge in [0, 0.05) is 44.0 Å². The first kappa shape index (κ1) is 31.4. The van der Waals surface area contributed by atoms with E-state index in [0.717, 1.165) is 94.3 Å². The van der Waals surface area contributed by atoms with Gasteiger partial charge in [0.15, 0.2) is 5.82 Å². The molecule has 252 valence electrons. The maximum Gasteiger partial charge on any atom is 0.160 e. The second-order valence-corrected chi connectivity index (χ2v) is 13.5. The largest absolute Gasteiger partial charge is 0.247 e. The first-order valence-corrected chi connectivity index (χ1v) is 18.1. The lowest BCUT2D eigenvalue weighted by molar-refractivity contribution is 1.18. The van der Waals surface area contributed by atoms with Crippen molar-refractivity contribution in [1.29, 1.82) is 0 Å². The predicted octanol–water partition coefficient (Wildman–Crippen LogP) is 12.7. The molecule has 0 radical (unpaired) electrons. The Labute approximate surface area is 313 Å². The minimum Gasteiger partial charge on any atom is -0.247 e. The lowest BCUT2D eigenvalue weighted by atomic mass is 9.95. The number of fused-ring (bicyclic) bond motifs is 5. The molecule has 0 aliphatic carbocycles. The van der Waals surface area contributed by atoms with Crippen molar-refractivity contribution in [2.45, 2.75) is 0 Å². The molecule has 0 spiro atoms. The molecule has 7 aromatic carbocycles. The highest BCUT2D eigenvalue weighted by molar-refractivity contribution is 6.20. The van der Waals surface area contributed by atoms with Gasteiger partial charge in [0.05, 0.1) is 33.8 Å². The Morgan fingerprint density at radius 2 is 0.852 bits per heavy atom. The number of hydrogen-bond acceptors (Lipinski definition) is 4. The Morgan fingerprint density at radius 3 is 1.57 bits per heavy atom. The van der Waals surface area contributed by atoms with Crippen molar-refractivity contribution >= 4 is 32.6 Å². The van der Waals surface area contributed by atoms with E-state index in [-0.39, 0.29) is 0 Å². The topological polar surface area (TPSA) is 51.6 Å². The van der Waals surface area contributed by atoms with Crippen LogP contribution in [0.4, 0.5) is 0 Å². The zero-order valence-electron chi connectivity index (χ0n) is 29.3. The monoisotopic (exact) mass is 688 g/mol. The minimum absolute atomic E-state index is 0.677. The van der Waals surface area contributed by atoms with Gasteiger partial charge in [-0.15, -0.1) is 0 Å². The van der Waals surface area contributed by atoms with Crippen LogP contribution in [-0.2, 0) is 0 Å². The normalized spacial score (nSPS) is 11.3. The van der Waals surface area contributed by atoms with Crippen LogP contribution in [0.15, 0.2) is 194 Å². The number of benzene rings is 7. The summed E-state index contributed by atoms with van der Waals surface area (Å²) in [5.74, 6) is 0.677. The second-order valence-electron chi connectivity index (χ2n) is 13.5. The molecule has 0 aliphatic rings. The first-order chi connectivity index (χ1) is 26.7. The van der Waals surface area contributed by atoms with Gasteiger partial charge in [-0.25, -0.2) is 19.9 Å². The molecule has 0 atom stereocenters.